The van der Waals surface area contributed by atoms with E-state index in [1.807, 2.05) is 0 Å². The number of hydrogen-bond donors (Lipinski definition) is 2. The Kier molecular flexibility index (Phi) is 7.82. The fourth-order valence-corrected chi connectivity index (χ4v) is 3.03. The second-order valence-corrected chi connectivity index (χ2v) is 5.41. The third-order valence-corrected chi connectivity index (χ3v) is 3.93. The Morgan fingerprint density at radius 3 is 2.83 bits per heavy atom. The SMILES string of the molecule is CCNC(CCO)CN(C)CC1CCCN1CC. The van der Waals surface area contributed by atoms with Crippen LogP contribution >= 0.6 is 0 Å². The molecule has 0 aliphatic carbocycles. The van der Waals surface area contributed by atoms with Crippen molar-refractivity contribution in [3.8, 4) is 0 Å². The monoisotopic (exact) mass is 257 g/mol. The molecular weight excluding hydrogens is 226 g/mol. The second kappa shape index (κ2) is 8.86. The van der Waals surface area contributed by atoms with E-state index in [2.05, 4.69) is 36.0 Å². The topological polar surface area (TPSA) is 38.7 Å². The number of likely N-dealkylation sites (N-methyl/N-ethyl adjacent to an activating group) is 3. The molecular formula is C14H31N3O. The van der Waals surface area contributed by atoms with Crippen LogP contribution in [0.3, 0.4) is 0 Å². The standard InChI is InChI=1S/C14H31N3O/c1-4-15-13(8-10-18)11-16(3)12-14-7-6-9-17(14)5-2/h13-15,18H,4-12H2,1-3H3. The van der Waals surface area contributed by atoms with Crippen molar-refractivity contribution >= 4 is 0 Å². The van der Waals surface area contributed by atoms with Crippen LogP contribution in [0, 0.1) is 0 Å². The smallest absolute Gasteiger partial charge is 0.0446 e. The first kappa shape index (κ1) is 15.9. The van der Waals surface area contributed by atoms with E-state index < -0.39 is 0 Å². The molecule has 1 saturated heterocycles. The number of aliphatic hydroxyl groups excluding tert-OH is 1. The van der Waals surface area contributed by atoms with Gasteiger partial charge in [0.05, 0.1) is 0 Å². The molecule has 4 heteroatoms. The van der Waals surface area contributed by atoms with Crippen molar-refractivity contribution in [2.45, 2.75) is 45.2 Å². The first-order valence-electron chi connectivity index (χ1n) is 7.48. The average molecular weight is 257 g/mol. The number of rotatable bonds is 9. The lowest BCUT2D eigenvalue weighted by Crippen LogP contribution is -2.45. The molecule has 1 fully saturated rings. The largest absolute Gasteiger partial charge is 0.396 e. The summed E-state index contributed by atoms with van der Waals surface area (Å²) in [5.41, 5.74) is 0. The molecule has 1 aliphatic rings. The normalized spacial score (nSPS) is 22.8. The molecule has 0 amide bonds. The van der Waals surface area contributed by atoms with E-state index >= 15 is 0 Å². The number of likely N-dealkylation sites (tertiary alicyclic amines) is 1. The molecule has 0 aromatic carbocycles. The van der Waals surface area contributed by atoms with Gasteiger partial charge in [0.15, 0.2) is 0 Å². The number of hydrogen-bond acceptors (Lipinski definition) is 4. The van der Waals surface area contributed by atoms with Crippen LogP contribution < -0.4 is 5.32 Å². The van der Waals surface area contributed by atoms with Crippen molar-refractivity contribution < 1.29 is 5.11 Å². The molecule has 4 nitrogen and oxygen atoms in total. The van der Waals surface area contributed by atoms with E-state index in [1.165, 1.54) is 25.9 Å². The van der Waals surface area contributed by atoms with E-state index in [0.29, 0.717) is 6.04 Å². The highest BCUT2D eigenvalue weighted by atomic mass is 16.3. The van der Waals surface area contributed by atoms with Crippen molar-refractivity contribution in [1.29, 1.82) is 0 Å². The van der Waals surface area contributed by atoms with E-state index in [1.54, 1.807) is 0 Å². The highest BCUT2D eigenvalue weighted by molar-refractivity contribution is 4.81. The zero-order chi connectivity index (χ0) is 13.4. The van der Waals surface area contributed by atoms with Crippen LogP contribution in [0.4, 0.5) is 0 Å². The van der Waals surface area contributed by atoms with E-state index in [-0.39, 0.29) is 6.61 Å². The van der Waals surface area contributed by atoms with Gasteiger partial charge in [0.2, 0.25) is 0 Å². The Morgan fingerprint density at radius 2 is 2.22 bits per heavy atom. The minimum absolute atomic E-state index is 0.274. The lowest BCUT2D eigenvalue weighted by Gasteiger charge is -2.30. The Labute approximate surface area is 112 Å². The van der Waals surface area contributed by atoms with Gasteiger partial charge >= 0.3 is 0 Å². The highest BCUT2D eigenvalue weighted by Crippen LogP contribution is 2.17. The van der Waals surface area contributed by atoms with E-state index in [4.69, 9.17) is 5.11 Å². The van der Waals surface area contributed by atoms with E-state index in [9.17, 15) is 0 Å². The fraction of sp³-hybridized carbons (Fsp3) is 1.00. The van der Waals surface area contributed by atoms with Gasteiger partial charge in [-0.05, 0) is 45.9 Å². The lowest BCUT2D eigenvalue weighted by molar-refractivity contribution is 0.178. The molecule has 0 saturated carbocycles. The molecule has 0 spiro atoms. The third kappa shape index (κ3) is 5.22. The molecule has 2 atom stereocenters. The summed E-state index contributed by atoms with van der Waals surface area (Å²) >= 11 is 0. The minimum Gasteiger partial charge on any atom is -0.396 e. The Hall–Kier alpha value is -0.160. The summed E-state index contributed by atoms with van der Waals surface area (Å²) in [6.45, 7) is 10.3. The van der Waals surface area contributed by atoms with Crippen molar-refractivity contribution in [3.63, 3.8) is 0 Å². The van der Waals surface area contributed by atoms with Gasteiger partial charge in [0.1, 0.15) is 0 Å². The Balaban J connectivity index is 2.32. The predicted molar refractivity (Wildman–Crippen MR) is 76.9 cm³/mol. The summed E-state index contributed by atoms with van der Waals surface area (Å²) in [6, 6.07) is 1.15. The molecule has 1 aliphatic heterocycles. The van der Waals surface area contributed by atoms with Gasteiger partial charge in [-0.15, -0.1) is 0 Å². The zero-order valence-electron chi connectivity index (χ0n) is 12.4. The third-order valence-electron chi connectivity index (χ3n) is 3.93. The maximum Gasteiger partial charge on any atom is 0.0446 e. The fourth-order valence-electron chi connectivity index (χ4n) is 3.03. The predicted octanol–water partition coefficient (Wildman–Crippen LogP) is 0.763. The van der Waals surface area contributed by atoms with Gasteiger partial charge in [0, 0.05) is 31.8 Å². The molecule has 0 aromatic heterocycles. The Morgan fingerprint density at radius 1 is 1.44 bits per heavy atom. The van der Waals surface area contributed by atoms with Crippen LogP contribution in [-0.2, 0) is 0 Å². The van der Waals surface area contributed by atoms with Gasteiger partial charge in [-0.3, -0.25) is 4.90 Å². The van der Waals surface area contributed by atoms with Gasteiger partial charge < -0.3 is 15.3 Å². The highest BCUT2D eigenvalue weighted by Gasteiger charge is 2.24. The van der Waals surface area contributed by atoms with Crippen LogP contribution in [-0.4, -0.2) is 73.4 Å². The van der Waals surface area contributed by atoms with Gasteiger partial charge in [-0.1, -0.05) is 13.8 Å². The molecule has 1 rings (SSSR count). The number of nitrogens with one attached hydrogen (secondary N) is 1. The summed E-state index contributed by atoms with van der Waals surface area (Å²) in [5, 5.41) is 12.5. The maximum atomic E-state index is 9.07. The molecule has 1 heterocycles. The van der Waals surface area contributed by atoms with Crippen LogP contribution in [0.5, 0.6) is 0 Å². The van der Waals surface area contributed by atoms with Crippen molar-refractivity contribution in [1.82, 2.24) is 15.1 Å². The quantitative estimate of drug-likeness (QED) is 0.640. The molecule has 0 radical (unpaired) electrons. The van der Waals surface area contributed by atoms with Crippen LogP contribution in [0.1, 0.15) is 33.1 Å². The van der Waals surface area contributed by atoms with Crippen LogP contribution in [0.2, 0.25) is 0 Å². The molecule has 0 aromatic rings. The van der Waals surface area contributed by atoms with Crippen LogP contribution in [0.15, 0.2) is 0 Å². The molecule has 2 unspecified atom stereocenters. The second-order valence-electron chi connectivity index (χ2n) is 5.41. The van der Waals surface area contributed by atoms with E-state index in [0.717, 1.165) is 32.1 Å². The van der Waals surface area contributed by atoms with Crippen molar-refractivity contribution in [3.05, 3.63) is 0 Å². The zero-order valence-corrected chi connectivity index (χ0v) is 12.4. The summed E-state index contributed by atoms with van der Waals surface area (Å²) in [6.07, 6.45) is 3.53. The summed E-state index contributed by atoms with van der Waals surface area (Å²) in [7, 11) is 2.20. The minimum atomic E-state index is 0.274. The molecule has 108 valence electrons. The maximum absolute atomic E-state index is 9.07. The first-order chi connectivity index (χ1) is 8.71. The summed E-state index contributed by atoms with van der Waals surface area (Å²) < 4.78 is 0. The first-order valence-corrected chi connectivity index (χ1v) is 7.48. The summed E-state index contributed by atoms with van der Waals surface area (Å²) in [5.74, 6) is 0. The molecule has 18 heavy (non-hydrogen) atoms. The number of nitrogens with zero attached hydrogens (tertiary/aromatic N) is 2. The number of aliphatic hydroxyl groups is 1. The van der Waals surface area contributed by atoms with Gasteiger partial charge in [-0.25, -0.2) is 0 Å². The van der Waals surface area contributed by atoms with Gasteiger partial charge in [0.25, 0.3) is 0 Å². The molecule has 0 bridgehead atoms. The van der Waals surface area contributed by atoms with Crippen molar-refractivity contribution in [2.24, 2.45) is 0 Å². The average Bonchev–Trinajstić information content (AvgIpc) is 2.76. The lowest BCUT2D eigenvalue weighted by atomic mass is 10.1. The van der Waals surface area contributed by atoms with Gasteiger partial charge in [-0.2, -0.15) is 0 Å². The summed E-state index contributed by atoms with van der Waals surface area (Å²) in [4.78, 5) is 5.01. The van der Waals surface area contributed by atoms with Crippen LogP contribution in [0.25, 0.3) is 0 Å². The Bertz CT molecular complexity index is 207. The van der Waals surface area contributed by atoms with Crippen molar-refractivity contribution in [2.75, 3.05) is 46.4 Å². The molecule has 2 N–H and O–H groups in total.